The summed E-state index contributed by atoms with van der Waals surface area (Å²) in [5, 5.41) is 0. The molecule has 0 aromatic heterocycles. The van der Waals surface area contributed by atoms with Crippen LogP contribution in [0.1, 0.15) is 6.92 Å². The standard InChI is InChI=1S/C10H14BrNO3S/c1-8(15-2)7-12-16(13,14)10-6-4-3-5-9(10)11/h3-6,8,12H,7H2,1-2H3. The van der Waals surface area contributed by atoms with Crippen molar-refractivity contribution in [2.75, 3.05) is 13.7 Å². The van der Waals surface area contributed by atoms with E-state index in [-0.39, 0.29) is 17.5 Å². The number of rotatable bonds is 5. The third-order valence-electron chi connectivity index (χ3n) is 2.09. The van der Waals surface area contributed by atoms with E-state index in [2.05, 4.69) is 20.7 Å². The third-order valence-corrected chi connectivity index (χ3v) is 4.53. The van der Waals surface area contributed by atoms with Gasteiger partial charge < -0.3 is 4.74 Å². The lowest BCUT2D eigenvalue weighted by Crippen LogP contribution is -2.31. The van der Waals surface area contributed by atoms with Crippen LogP contribution >= 0.6 is 15.9 Å². The van der Waals surface area contributed by atoms with E-state index in [0.717, 1.165) is 0 Å². The molecule has 0 aliphatic carbocycles. The molecular formula is C10H14BrNO3S. The molecule has 1 rings (SSSR count). The highest BCUT2D eigenvalue weighted by Gasteiger charge is 2.17. The molecule has 0 radical (unpaired) electrons. The Morgan fingerprint density at radius 3 is 2.62 bits per heavy atom. The van der Waals surface area contributed by atoms with Crippen molar-refractivity contribution < 1.29 is 13.2 Å². The van der Waals surface area contributed by atoms with Gasteiger partial charge in [0.15, 0.2) is 0 Å². The van der Waals surface area contributed by atoms with Gasteiger partial charge in [-0.05, 0) is 35.0 Å². The molecule has 16 heavy (non-hydrogen) atoms. The number of hydrogen-bond donors (Lipinski definition) is 1. The van der Waals surface area contributed by atoms with Crippen LogP contribution < -0.4 is 4.72 Å². The topological polar surface area (TPSA) is 55.4 Å². The largest absolute Gasteiger partial charge is 0.380 e. The highest BCUT2D eigenvalue weighted by molar-refractivity contribution is 9.10. The lowest BCUT2D eigenvalue weighted by atomic mass is 10.4. The fraction of sp³-hybridized carbons (Fsp3) is 0.400. The maximum atomic E-state index is 11.9. The zero-order chi connectivity index (χ0) is 12.2. The normalized spacial score (nSPS) is 13.7. The van der Waals surface area contributed by atoms with Gasteiger partial charge in [-0.3, -0.25) is 0 Å². The molecule has 0 amide bonds. The molecule has 0 fully saturated rings. The van der Waals surface area contributed by atoms with Gasteiger partial charge in [0.2, 0.25) is 10.0 Å². The SMILES string of the molecule is COC(C)CNS(=O)(=O)c1ccccc1Br. The number of hydrogen-bond acceptors (Lipinski definition) is 3. The summed E-state index contributed by atoms with van der Waals surface area (Å²) < 4.78 is 31.8. The van der Waals surface area contributed by atoms with Crippen molar-refractivity contribution >= 4 is 26.0 Å². The van der Waals surface area contributed by atoms with E-state index >= 15 is 0 Å². The van der Waals surface area contributed by atoms with E-state index in [4.69, 9.17) is 4.74 Å². The molecule has 0 saturated carbocycles. The van der Waals surface area contributed by atoms with Crippen LogP contribution in [0.25, 0.3) is 0 Å². The highest BCUT2D eigenvalue weighted by atomic mass is 79.9. The van der Waals surface area contributed by atoms with Gasteiger partial charge in [0, 0.05) is 18.1 Å². The van der Waals surface area contributed by atoms with E-state index < -0.39 is 10.0 Å². The maximum absolute atomic E-state index is 11.9. The summed E-state index contributed by atoms with van der Waals surface area (Å²) in [4.78, 5) is 0.235. The summed E-state index contributed by atoms with van der Waals surface area (Å²) in [5.74, 6) is 0. The zero-order valence-corrected chi connectivity index (χ0v) is 11.5. The predicted octanol–water partition coefficient (Wildman–Crippen LogP) is 1.76. The molecule has 1 N–H and O–H groups in total. The van der Waals surface area contributed by atoms with Gasteiger partial charge in [-0.15, -0.1) is 0 Å². The minimum absolute atomic E-state index is 0.155. The van der Waals surface area contributed by atoms with Crippen molar-refractivity contribution in [3.63, 3.8) is 0 Å². The van der Waals surface area contributed by atoms with Crippen molar-refractivity contribution in [3.05, 3.63) is 28.7 Å². The Balaban J connectivity index is 2.83. The first-order chi connectivity index (χ1) is 7.47. The molecule has 1 aromatic carbocycles. The average Bonchev–Trinajstić information content (AvgIpc) is 2.26. The van der Waals surface area contributed by atoms with Gasteiger partial charge in [0.1, 0.15) is 0 Å². The zero-order valence-electron chi connectivity index (χ0n) is 9.10. The van der Waals surface area contributed by atoms with Crippen molar-refractivity contribution in [1.29, 1.82) is 0 Å². The minimum Gasteiger partial charge on any atom is -0.380 e. The Kier molecular flexibility index (Phi) is 4.91. The smallest absolute Gasteiger partial charge is 0.241 e. The molecule has 0 spiro atoms. The van der Waals surface area contributed by atoms with Crippen LogP contribution in [-0.2, 0) is 14.8 Å². The Hall–Kier alpha value is -0.430. The van der Waals surface area contributed by atoms with Gasteiger partial charge in [0.25, 0.3) is 0 Å². The van der Waals surface area contributed by atoms with E-state index in [1.54, 1.807) is 31.2 Å². The molecule has 6 heteroatoms. The molecule has 4 nitrogen and oxygen atoms in total. The Labute approximate surface area is 104 Å². The second-order valence-corrected chi connectivity index (χ2v) is 5.92. The second-order valence-electron chi connectivity index (χ2n) is 3.33. The number of halogens is 1. The summed E-state index contributed by atoms with van der Waals surface area (Å²) in [6.45, 7) is 2.04. The lowest BCUT2D eigenvalue weighted by molar-refractivity contribution is 0.122. The van der Waals surface area contributed by atoms with Crippen LogP contribution in [-0.4, -0.2) is 28.2 Å². The first-order valence-electron chi connectivity index (χ1n) is 4.74. The Bertz CT molecular complexity index is 447. The molecule has 1 atom stereocenters. The molecule has 1 aromatic rings. The summed E-state index contributed by atoms with van der Waals surface area (Å²) >= 11 is 3.21. The Morgan fingerprint density at radius 1 is 1.44 bits per heavy atom. The van der Waals surface area contributed by atoms with E-state index in [9.17, 15) is 8.42 Å². The number of benzene rings is 1. The number of methoxy groups -OCH3 is 1. The van der Waals surface area contributed by atoms with Crippen molar-refractivity contribution in [3.8, 4) is 0 Å². The summed E-state index contributed by atoms with van der Waals surface area (Å²) in [5.41, 5.74) is 0. The fourth-order valence-corrected chi connectivity index (χ4v) is 3.17. The van der Waals surface area contributed by atoms with Crippen molar-refractivity contribution in [1.82, 2.24) is 4.72 Å². The van der Waals surface area contributed by atoms with Crippen molar-refractivity contribution in [2.45, 2.75) is 17.9 Å². The molecule has 0 aliphatic rings. The molecule has 0 saturated heterocycles. The number of sulfonamides is 1. The van der Waals surface area contributed by atoms with Crippen LogP contribution in [0.4, 0.5) is 0 Å². The molecule has 0 heterocycles. The van der Waals surface area contributed by atoms with Gasteiger partial charge in [0.05, 0.1) is 11.0 Å². The molecule has 0 bridgehead atoms. The first-order valence-corrected chi connectivity index (χ1v) is 7.02. The van der Waals surface area contributed by atoms with E-state index in [1.807, 2.05) is 0 Å². The summed E-state index contributed by atoms with van der Waals surface area (Å²) in [6.07, 6.45) is -0.155. The van der Waals surface area contributed by atoms with Gasteiger partial charge in [-0.1, -0.05) is 12.1 Å². The van der Waals surface area contributed by atoms with Gasteiger partial charge in [-0.2, -0.15) is 0 Å². The maximum Gasteiger partial charge on any atom is 0.241 e. The number of ether oxygens (including phenoxy) is 1. The minimum atomic E-state index is -3.47. The van der Waals surface area contributed by atoms with Gasteiger partial charge in [-0.25, -0.2) is 13.1 Å². The summed E-state index contributed by atoms with van der Waals surface area (Å²) in [7, 11) is -1.93. The molecule has 0 aliphatic heterocycles. The van der Waals surface area contributed by atoms with Crippen LogP contribution in [0.2, 0.25) is 0 Å². The van der Waals surface area contributed by atoms with Gasteiger partial charge >= 0.3 is 0 Å². The van der Waals surface area contributed by atoms with E-state index in [1.165, 1.54) is 7.11 Å². The highest BCUT2D eigenvalue weighted by Crippen LogP contribution is 2.20. The summed E-state index contributed by atoms with van der Waals surface area (Å²) in [6, 6.07) is 6.68. The molecule has 90 valence electrons. The van der Waals surface area contributed by atoms with Crippen LogP contribution in [0.3, 0.4) is 0 Å². The van der Waals surface area contributed by atoms with Crippen LogP contribution in [0, 0.1) is 0 Å². The average molecular weight is 308 g/mol. The third kappa shape index (κ3) is 3.55. The Morgan fingerprint density at radius 2 is 2.06 bits per heavy atom. The van der Waals surface area contributed by atoms with Crippen LogP contribution in [0.15, 0.2) is 33.6 Å². The van der Waals surface area contributed by atoms with E-state index in [0.29, 0.717) is 4.47 Å². The molecular weight excluding hydrogens is 294 g/mol. The first kappa shape index (κ1) is 13.6. The second kappa shape index (κ2) is 5.77. The van der Waals surface area contributed by atoms with Crippen molar-refractivity contribution in [2.24, 2.45) is 0 Å². The molecule has 1 unspecified atom stereocenters. The number of nitrogens with one attached hydrogen (secondary N) is 1. The predicted molar refractivity (Wildman–Crippen MR) is 65.8 cm³/mol. The quantitative estimate of drug-likeness (QED) is 0.902. The van der Waals surface area contributed by atoms with Crippen LogP contribution in [0.5, 0.6) is 0 Å². The fourth-order valence-electron chi connectivity index (χ4n) is 1.05. The lowest BCUT2D eigenvalue weighted by Gasteiger charge is -2.12. The monoisotopic (exact) mass is 307 g/mol.